The number of fused-ring (bicyclic) bond motifs is 2. The summed E-state index contributed by atoms with van der Waals surface area (Å²) in [6.45, 7) is 0.0399. The van der Waals surface area contributed by atoms with Gasteiger partial charge in [-0.3, -0.25) is 20.2 Å². The van der Waals surface area contributed by atoms with Crippen molar-refractivity contribution in [3.63, 3.8) is 0 Å². The number of nitrogens with zero attached hydrogens (tertiary/aromatic N) is 2. The Labute approximate surface area is 142 Å². The fraction of sp³-hybridized carbons (Fsp3) is 0.769. The number of carboxylic acid groups (broad SMARTS) is 1. The summed E-state index contributed by atoms with van der Waals surface area (Å²) in [5, 5.41) is 34.1. The van der Waals surface area contributed by atoms with Gasteiger partial charge in [0.1, 0.15) is 19.6 Å². The van der Waals surface area contributed by atoms with Gasteiger partial charge in [-0.05, 0) is 6.08 Å². The molecule has 1 aliphatic heterocycles. The molecule has 1 aliphatic carbocycles. The first-order chi connectivity index (χ1) is 11.3. The van der Waals surface area contributed by atoms with E-state index in [-0.39, 0.29) is 57.1 Å². The Balaban J connectivity index is 2.38. The maximum absolute atomic E-state index is 11.8. The van der Waals surface area contributed by atoms with Gasteiger partial charge < -0.3 is 19.5 Å². The van der Waals surface area contributed by atoms with Crippen LogP contribution in [0, 0.1) is 20.2 Å². The predicted octanol–water partition coefficient (Wildman–Crippen LogP) is -2.01. The van der Waals surface area contributed by atoms with Crippen LogP contribution in [0.4, 0.5) is 0 Å². The first-order valence-electron chi connectivity index (χ1n) is 7.47. The van der Waals surface area contributed by atoms with Crippen LogP contribution in [0.3, 0.4) is 0 Å². The summed E-state index contributed by atoms with van der Waals surface area (Å²) in [6, 6.07) is 0. The topological polar surface area (TPSA) is 140 Å². The summed E-state index contributed by atoms with van der Waals surface area (Å²) in [5.41, 5.74) is -3.24. The average molecular weight is 364 g/mol. The molecule has 0 spiro atoms. The van der Waals surface area contributed by atoms with E-state index < -0.39 is 26.9 Å². The predicted molar refractivity (Wildman–Crippen MR) is 78.6 cm³/mol. The van der Waals surface area contributed by atoms with Crippen molar-refractivity contribution in [3.8, 4) is 0 Å². The lowest BCUT2D eigenvalue weighted by molar-refractivity contribution is -0.943. The highest BCUT2D eigenvalue weighted by atomic mass is 35.5. The Hall–Kier alpha value is -1.94. The van der Waals surface area contributed by atoms with Crippen molar-refractivity contribution in [2.45, 2.75) is 30.3 Å². The van der Waals surface area contributed by atoms with Crippen LogP contribution in [0.2, 0.25) is 0 Å². The summed E-state index contributed by atoms with van der Waals surface area (Å²) in [4.78, 5) is 33.5. The van der Waals surface area contributed by atoms with Crippen LogP contribution in [-0.4, -0.2) is 59.0 Å². The minimum atomic E-state index is -1.74. The minimum absolute atomic E-state index is 0.00201. The number of rotatable bonds is 8. The summed E-state index contributed by atoms with van der Waals surface area (Å²) in [6.07, 6.45) is 0.820. The summed E-state index contributed by atoms with van der Waals surface area (Å²) < 4.78 is 5.40. The van der Waals surface area contributed by atoms with Crippen LogP contribution in [0.25, 0.3) is 0 Å². The number of likely N-dealkylation sites (tertiary alicyclic amines) is 1. The van der Waals surface area contributed by atoms with E-state index in [1.807, 2.05) is 0 Å². The highest BCUT2D eigenvalue weighted by Gasteiger charge is 2.69. The summed E-state index contributed by atoms with van der Waals surface area (Å²) in [5.74, 6) is -1.08. The highest BCUT2D eigenvalue weighted by Crippen LogP contribution is 2.40. The molecule has 10 nitrogen and oxygen atoms in total. The zero-order valence-electron chi connectivity index (χ0n) is 12.9. The number of ether oxygens (including phenoxy) is 1. The molecule has 2 aliphatic rings. The lowest BCUT2D eigenvalue weighted by atomic mass is 9.71. The maximum atomic E-state index is 11.8. The summed E-state index contributed by atoms with van der Waals surface area (Å²) in [7, 11) is 0. The normalized spacial score (nSPS) is 31.9. The van der Waals surface area contributed by atoms with Gasteiger partial charge in [-0.25, -0.2) is 0 Å². The number of hydrogen-bond acceptors (Lipinski definition) is 7. The quantitative estimate of drug-likeness (QED) is 0.298. The second-order valence-corrected chi connectivity index (χ2v) is 6.61. The van der Waals surface area contributed by atoms with Gasteiger partial charge in [-0.15, -0.1) is 11.6 Å². The molecule has 134 valence electrons. The van der Waals surface area contributed by atoms with Crippen molar-refractivity contribution in [2.75, 3.05) is 32.1 Å². The Morgan fingerprint density at radius 1 is 1.33 bits per heavy atom. The molecule has 2 bridgehead atoms. The number of piperidine rings is 1. The Morgan fingerprint density at radius 2 is 2.04 bits per heavy atom. The van der Waals surface area contributed by atoms with Crippen molar-refractivity contribution in [2.24, 2.45) is 0 Å². The second-order valence-electron chi connectivity index (χ2n) is 6.23. The molecule has 11 heteroatoms. The molecular weight excluding hydrogens is 346 g/mol. The van der Waals surface area contributed by atoms with Gasteiger partial charge in [0, 0.05) is 28.7 Å². The number of carboxylic acids is 1. The average Bonchev–Trinajstić information content (AvgIpc) is 2.51. The first kappa shape index (κ1) is 18.4. The third-order valence-electron chi connectivity index (χ3n) is 4.62. The lowest BCUT2D eigenvalue weighted by Gasteiger charge is -2.43. The molecule has 24 heavy (non-hydrogen) atoms. The monoisotopic (exact) mass is 363 g/mol. The lowest BCUT2D eigenvalue weighted by Crippen LogP contribution is -3.18. The van der Waals surface area contributed by atoms with Crippen LogP contribution in [0.15, 0.2) is 11.8 Å². The van der Waals surface area contributed by atoms with E-state index in [4.69, 9.17) is 16.3 Å². The van der Waals surface area contributed by atoms with Gasteiger partial charge in [-0.2, -0.15) is 0 Å². The molecule has 0 radical (unpaired) electrons. The highest BCUT2D eigenvalue weighted by molar-refractivity contribution is 6.17. The Morgan fingerprint density at radius 3 is 2.58 bits per heavy atom. The number of nitro groups is 2. The van der Waals surface area contributed by atoms with Crippen LogP contribution in [-0.2, 0) is 9.53 Å². The van der Waals surface area contributed by atoms with Crippen molar-refractivity contribution in [1.82, 2.24) is 0 Å². The van der Waals surface area contributed by atoms with Crippen LogP contribution < -0.4 is 10.0 Å². The molecule has 1 N–H and O–H groups in total. The molecule has 0 aromatic heterocycles. The molecule has 1 unspecified atom stereocenters. The molecule has 1 fully saturated rings. The van der Waals surface area contributed by atoms with Crippen molar-refractivity contribution < 1.29 is 29.4 Å². The fourth-order valence-corrected chi connectivity index (χ4v) is 3.70. The van der Waals surface area contributed by atoms with E-state index in [2.05, 4.69) is 0 Å². The number of halogens is 1. The summed E-state index contributed by atoms with van der Waals surface area (Å²) >= 11 is 5.56. The molecular formula is C13H18ClN3O7. The number of nitrogens with one attached hydrogen (secondary N) is 1. The Bertz CT molecular complexity index is 584. The van der Waals surface area contributed by atoms with E-state index in [1.54, 1.807) is 0 Å². The van der Waals surface area contributed by atoms with Crippen molar-refractivity contribution in [1.29, 1.82) is 0 Å². The molecule has 0 saturated carbocycles. The number of aliphatic carboxylic acids is 1. The van der Waals surface area contributed by atoms with Crippen molar-refractivity contribution in [3.05, 3.63) is 32.1 Å². The van der Waals surface area contributed by atoms with Gasteiger partial charge >= 0.3 is 5.54 Å². The van der Waals surface area contributed by atoms with Gasteiger partial charge in [0.25, 0.3) is 5.54 Å². The third-order valence-corrected chi connectivity index (χ3v) is 4.78. The molecule has 2 rings (SSSR count). The second kappa shape index (κ2) is 6.89. The van der Waals surface area contributed by atoms with E-state index in [9.17, 15) is 30.1 Å². The van der Waals surface area contributed by atoms with Crippen LogP contribution in [0.5, 0.6) is 0 Å². The standard InChI is InChI=1S/C13H18ClN3O7/c14-4-6-24-10-1-3-12(16(20)21)7-13(10,17(22)23)9-15(8-12)5-2-11(18)19/h1H,2-9H2,(H,18,19)/t12-,13-/m1/s1. The van der Waals surface area contributed by atoms with Crippen LogP contribution in [0.1, 0.15) is 19.3 Å². The van der Waals surface area contributed by atoms with E-state index in [0.717, 1.165) is 0 Å². The molecule has 0 amide bonds. The molecule has 0 aromatic rings. The number of quaternary nitrogens is 1. The first-order valence-corrected chi connectivity index (χ1v) is 8.01. The molecule has 1 heterocycles. The third kappa shape index (κ3) is 3.29. The van der Waals surface area contributed by atoms with E-state index >= 15 is 0 Å². The number of carbonyl (C=O) groups is 1. The number of alkyl halides is 1. The zero-order valence-corrected chi connectivity index (χ0v) is 13.6. The van der Waals surface area contributed by atoms with Crippen LogP contribution >= 0.6 is 11.6 Å². The Kier molecular flexibility index (Phi) is 5.29. The van der Waals surface area contributed by atoms with Gasteiger partial charge in [0.2, 0.25) is 0 Å². The maximum Gasteiger partial charge on any atom is 0.331 e. The fourth-order valence-electron chi connectivity index (χ4n) is 3.62. The van der Waals surface area contributed by atoms with E-state index in [0.29, 0.717) is 4.90 Å². The minimum Gasteiger partial charge on any atom is -0.550 e. The van der Waals surface area contributed by atoms with Crippen molar-refractivity contribution >= 4 is 17.6 Å². The van der Waals surface area contributed by atoms with Gasteiger partial charge in [-0.1, -0.05) is 0 Å². The van der Waals surface area contributed by atoms with Gasteiger partial charge in [0.15, 0.2) is 12.3 Å². The molecule has 0 aromatic carbocycles. The SMILES string of the molecule is O=C([O-])CC[NH+]1C[C@@]2([N+](=O)[O-])CC=C(OCCCl)[C@]([N+](=O)[O-])(C1)C2. The smallest absolute Gasteiger partial charge is 0.331 e. The number of carbonyl (C=O) groups excluding carboxylic acids is 1. The molecule has 1 saturated heterocycles. The van der Waals surface area contributed by atoms with Gasteiger partial charge in [0.05, 0.1) is 12.4 Å². The van der Waals surface area contributed by atoms with E-state index in [1.165, 1.54) is 6.08 Å². The molecule has 3 atom stereocenters. The number of hydrogen-bond donors (Lipinski definition) is 1. The largest absolute Gasteiger partial charge is 0.550 e. The zero-order chi connectivity index (χ0) is 18.0.